The first-order valence-electron chi connectivity index (χ1n) is 8.53. The minimum Gasteiger partial charge on any atom is -1.00 e. The third-order valence-corrected chi connectivity index (χ3v) is 7.46. The van der Waals surface area contributed by atoms with E-state index in [9.17, 15) is 0 Å². The quantitative estimate of drug-likeness (QED) is 0.185. The molecule has 0 nitrogen and oxygen atoms in total. The molecule has 4 rings (SSSR count). The van der Waals surface area contributed by atoms with Crippen LogP contribution in [-0.4, -0.2) is 6.66 Å². The molecule has 0 N–H and O–H groups in total. The Bertz CT molecular complexity index is 911. The van der Waals surface area contributed by atoms with Crippen molar-refractivity contribution in [2.24, 2.45) is 0 Å². The minimum atomic E-state index is -0.314. The van der Waals surface area contributed by atoms with Crippen LogP contribution in [0.25, 0.3) is 21.5 Å². The second-order valence-electron chi connectivity index (χ2n) is 7.04. The summed E-state index contributed by atoms with van der Waals surface area (Å²) in [6.07, 6.45) is 0. The number of hydrogen-bond acceptors (Lipinski definition) is 0. The van der Waals surface area contributed by atoms with E-state index in [4.69, 9.17) is 0 Å². The van der Waals surface area contributed by atoms with Crippen LogP contribution in [0.4, 0.5) is 0 Å². The molecular weight excluding hydrogens is 524 g/mol. The van der Waals surface area contributed by atoms with Crippen LogP contribution < -0.4 is 20.0 Å². The van der Waals surface area contributed by atoms with Crippen molar-refractivity contribution in [2.75, 3.05) is 6.66 Å². The standard InChI is InChI=1S/C23H23P.2FH.Hf/c1-14-6-7-15(2)21-11-18(10-20(14)21)24(5)19-12-22-16(3)8-9-17(4)23(22)13-19;;;/h6-13H,1-5H3;2*1H;/q-2;;;+4/p-2. The number of hydrogen-bond donors (Lipinski definition) is 0. The van der Waals surface area contributed by atoms with Gasteiger partial charge in [-0.2, -0.15) is 12.1 Å². The Morgan fingerprint density at radius 1 is 0.630 bits per heavy atom. The minimum absolute atomic E-state index is 0. The SMILES string of the molecule is Cc1ccc(C)c2[cH-]c(P(C)c3cc4c(C)ccc(C)c4[cH-]3)cc12.[F-].[F-].[Hf+4]. The Morgan fingerprint density at radius 2 is 0.963 bits per heavy atom. The van der Waals surface area contributed by atoms with Gasteiger partial charge in [0.2, 0.25) is 0 Å². The van der Waals surface area contributed by atoms with Crippen LogP contribution >= 0.6 is 7.92 Å². The number of halogens is 2. The molecule has 0 fully saturated rings. The Labute approximate surface area is 180 Å². The fraction of sp³-hybridized carbons (Fsp3) is 0.217. The average molecular weight is 547 g/mol. The molecule has 27 heavy (non-hydrogen) atoms. The van der Waals surface area contributed by atoms with E-state index in [1.807, 2.05) is 0 Å². The maximum Gasteiger partial charge on any atom is 4.00 e. The molecule has 0 unspecified atom stereocenters. The first kappa shape index (κ1) is 23.9. The van der Waals surface area contributed by atoms with E-state index in [-0.39, 0.29) is 43.2 Å². The molecule has 0 atom stereocenters. The second kappa shape index (κ2) is 8.88. The molecule has 4 aromatic carbocycles. The average Bonchev–Trinajstić information content (AvgIpc) is 3.20. The van der Waals surface area contributed by atoms with Crippen molar-refractivity contribution in [3.63, 3.8) is 0 Å². The Balaban J connectivity index is 0.00000121. The van der Waals surface area contributed by atoms with Crippen LogP contribution in [0.1, 0.15) is 22.3 Å². The second-order valence-corrected chi connectivity index (χ2v) is 9.19. The molecule has 0 aromatic heterocycles. The molecule has 0 amide bonds. The summed E-state index contributed by atoms with van der Waals surface area (Å²) in [5, 5.41) is 8.65. The van der Waals surface area contributed by atoms with Crippen molar-refractivity contribution in [1.29, 1.82) is 0 Å². The molecule has 0 saturated heterocycles. The van der Waals surface area contributed by atoms with E-state index in [0.29, 0.717) is 0 Å². The fourth-order valence-electron chi connectivity index (χ4n) is 3.69. The molecule has 4 heteroatoms. The number of fused-ring (bicyclic) bond motifs is 2. The van der Waals surface area contributed by atoms with Crippen molar-refractivity contribution < 1.29 is 35.3 Å². The van der Waals surface area contributed by atoms with Crippen LogP contribution in [0, 0.1) is 27.7 Å². The first-order valence-corrected chi connectivity index (χ1v) is 10.3. The Kier molecular flexibility index (Phi) is 7.85. The van der Waals surface area contributed by atoms with Gasteiger partial charge in [0.1, 0.15) is 0 Å². The Hall–Kier alpha value is -1.18. The van der Waals surface area contributed by atoms with Crippen LogP contribution in [0.2, 0.25) is 0 Å². The molecule has 0 aliphatic rings. The van der Waals surface area contributed by atoms with Gasteiger partial charge >= 0.3 is 25.8 Å². The molecular formula is C23H23F2HfP. The predicted octanol–water partition coefficient (Wildman–Crippen LogP) is -0.268. The van der Waals surface area contributed by atoms with Crippen molar-refractivity contribution in [3.05, 3.63) is 70.8 Å². The third kappa shape index (κ3) is 4.00. The van der Waals surface area contributed by atoms with Crippen molar-refractivity contribution in [3.8, 4) is 0 Å². The zero-order chi connectivity index (χ0) is 17.0. The van der Waals surface area contributed by atoms with Gasteiger partial charge in [0.15, 0.2) is 0 Å². The topological polar surface area (TPSA) is 0 Å². The largest absolute Gasteiger partial charge is 4.00 e. The zero-order valence-corrected chi connectivity index (χ0v) is 20.8. The van der Waals surface area contributed by atoms with Gasteiger partial charge in [0.25, 0.3) is 0 Å². The van der Waals surface area contributed by atoms with E-state index in [1.165, 1.54) is 54.4 Å². The van der Waals surface area contributed by atoms with Gasteiger partial charge in [0.05, 0.1) is 0 Å². The normalized spacial score (nSPS) is 10.6. The van der Waals surface area contributed by atoms with Crippen LogP contribution in [0.3, 0.4) is 0 Å². The monoisotopic (exact) mass is 548 g/mol. The van der Waals surface area contributed by atoms with Crippen molar-refractivity contribution >= 4 is 40.1 Å². The molecule has 0 spiro atoms. The number of aryl methyl sites for hydroxylation is 4. The molecule has 0 aliphatic carbocycles. The van der Waals surface area contributed by atoms with Crippen LogP contribution in [-0.2, 0) is 25.8 Å². The van der Waals surface area contributed by atoms with Gasteiger partial charge in [-0.15, -0.1) is 67.5 Å². The molecule has 138 valence electrons. The van der Waals surface area contributed by atoms with Crippen LogP contribution in [0.15, 0.2) is 48.5 Å². The Morgan fingerprint density at radius 3 is 1.30 bits per heavy atom. The molecule has 0 radical (unpaired) electrons. The fourth-order valence-corrected chi connectivity index (χ4v) is 5.28. The maximum atomic E-state index is 2.42. The molecule has 0 heterocycles. The van der Waals surface area contributed by atoms with Gasteiger partial charge in [-0.25, -0.2) is 0 Å². The van der Waals surface area contributed by atoms with Crippen molar-refractivity contribution in [2.45, 2.75) is 27.7 Å². The van der Waals surface area contributed by atoms with Crippen molar-refractivity contribution in [1.82, 2.24) is 0 Å². The summed E-state index contributed by atoms with van der Waals surface area (Å²) in [6.45, 7) is 11.3. The van der Waals surface area contributed by atoms with E-state index in [0.717, 1.165) is 0 Å². The van der Waals surface area contributed by atoms with E-state index >= 15 is 0 Å². The summed E-state index contributed by atoms with van der Waals surface area (Å²) in [7, 11) is -0.314. The summed E-state index contributed by atoms with van der Waals surface area (Å²) in [5.74, 6) is 0. The van der Waals surface area contributed by atoms with Gasteiger partial charge < -0.3 is 9.41 Å². The summed E-state index contributed by atoms with van der Waals surface area (Å²) in [4.78, 5) is 0. The smallest absolute Gasteiger partial charge is 1.00 e. The zero-order valence-electron chi connectivity index (χ0n) is 16.3. The van der Waals surface area contributed by atoms with E-state index in [1.54, 1.807) is 0 Å². The number of benzene rings is 2. The maximum absolute atomic E-state index is 2.42. The summed E-state index contributed by atoms with van der Waals surface area (Å²) < 4.78 is 0. The summed E-state index contributed by atoms with van der Waals surface area (Å²) in [6, 6.07) is 18.6. The van der Waals surface area contributed by atoms with Crippen LogP contribution in [0.5, 0.6) is 0 Å². The first-order chi connectivity index (χ1) is 11.5. The van der Waals surface area contributed by atoms with Gasteiger partial charge in [-0.1, -0.05) is 45.0 Å². The van der Waals surface area contributed by atoms with E-state index < -0.39 is 0 Å². The van der Waals surface area contributed by atoms with Gasteiger partial charge in [-0.3, -0.25) is 0 Å². The van der Waals surface area contributed by atoms with E-state index in [2.05, 4.69) is 82.9 Å². The predicted molar refractivity (Wildman–Crippen MR) is 110 cm³/mol. The third-order valence-electron chi connectivity index (χ3n) is 5.39. The summed E-state index contributed by atoms with van der Waals surface area (Å²) >= 11 is 0. The number of rotatable bonds is 2. The van der Waals surface area contributed by atoms with Gasteiger partial charge in [-0.05, 0) is 20.5 Å². The van der Waals surface area contributed by atoms with Gasteiger partial charge in [0, 0.05) is 0 Å². The molecule has 0 bridgehead atoms. The molecule has 0 aliphatic heterocycles. The molecule has 4 aromatic rings. The molecule has 0 saturated carbocycles. The summed E-state index contributed by atoms with van der Waals surface area (Å²) in [5.41, 5.74) is 5.52.